The van der Waals surface area contributed by atoms with Crippen LogP contribution in [-0.4, -0.2) is 7.11 Å². The second kappa shape index (κ2) is 7.34. The molecule has 0 radical (unpaired) electrons. The number of halogens is 3. The average molecular weight is 346 g/mol. The molecule has 2 aromatic carbocycles. The van der Waals surface area contributed by atoms with Crippen LogP contribution in [0.3, 0.4) is 0 Å². The summed E-state index contributed by atoms with van der Waals surface area (Å²) in [5, 5.41) is 1.82. The predicted octanol–water partition coefficient (Wildman–Crippen LogP) is 4.40. The third kappa shape index (κ3) is 4.02. The van der Waals surface area contributed by atoms with E-state index in [1.807, 2.05) is 18.2 Å². The van der Waals surface area contributed by atoms with Gasteiger partial charge in [-0.15, -0.1) is 0 Å². The van der Waals surface area contributed by atoms with E-state index in [2.05, 4.69) is 5.43 Å². The number of nitrogens with two attached hydrogens (primary N) is 1. The SMILES string of the molecule is COc1ccc(Cl)cc1C(Cc1ccc(Cl)cc1Cl)NN. The molecule has 1 unspecified atom stereocenters. The Labute approximate surface area is 138 Å². The summed E-state index contributed by atoms with van der Waals surface area (Å²) in [5.41, 5.74) is 4.59. The highest BCUT2D eigenvalue weighted by Gasteiger charge is 2.17. The van der Waals surface area contributed by atoms with Gasteiger partial charge in [0, 0.05) is 20.6 Å². The van der Waals surface area contributed by atoms with Crippen LogP contribution in [0.15, 0.2) is 36.4 Å². The van der Waals surface area contributed by atoms with Crippen molar-refractivity contribution < 1.29 is 4.74 Å². The van der Waals surface area contributed by atoms with Crippen molar-refractivity contribution in [3.8, 4) is 5.75 Å². The number of hydrogen-bond donors (Lipinski definition) is 2. The summed E-state index contributed by atoms with van der Waals surface area (Å²) in [4.78, 5) is 0. The smallest absolute Gasteiger partial charge is 0.123 e. The Morgan fingerprint density at radius 2 is 1.76 bits per heavy atom. The van der Waals surface area contributed by atoms with E-state index in [0.29, 0.717) is 27.2 Å². The van der Waals surface area contributed by atoms with Gasteiger partial charge < -0.3 is 4.74 Å². The van der Waals surface area contributed by atoms with E-state index in [-0.39, 0.29) is 6.04 Å². The van der Waals surface area contributed by atoms with Crippen molar-refractivity contribution in [2.75, 3.05) is 7.11 Å². The molecule has 2 aromatic rings. The fraction of sp³-hybridized carbons (Fsp3) is 0.200. The third-order valence-corrected chi connectivity index (χ3v) is 4.03. The summed E-state index contributed by atoms with van der Waals surface area (Å²) in [6.45, 7) is 0. The zero-order valence-electron chi connectivity index (χ0n) is 11.4. The van der Waals surface area contributed by atoms with E-state index in [0.717, 1.165) is 11.1 Å². The van der Waals surface area contributed by atoms with Crippen molar-refractivity contribution >= 4 is 34.8 Å². The highest BCUT2D eigenvalue weighted by Crippen LogP contribution is 2.32. The van der Waals surface area contributed by atoms with Gasteiger partial charge in [0.15, 0.2) is 0 Å². The molecule has 0 aliphatic heterocycles. The van der Waals surface area contributed by atoms with Gasteiger partial charge in [-0.1, -0.05) is 40.9 Å². The van der Waals surface area contributed by atoms with Gasteiger partial charge in [0.25, 0.3) is 0 Å². The number of nitrogens with one attached hydrogen (secondary N) is 1. The minimum Gasteiger partial charge on any atom is -0.496 e. The Morgan fingerprint density at radius 3 is 2.38 bits per heavy atom. The fourth-order valence-corrected chi connectivity index (χ4v) is 2.81. The molecule has 3 nitrogen and oxygen atoms in total. The van der Waals surface area contributed by atoms with Crippen molar-refractivity contribution in [2.24, 2.45) is 5.84 Å². The minimum atomic E-state index is -0.183. The number of hydrazine groups is 1. The summed E-state index contributed by atoms with van der Waals surface area (Å²) in [6, 6.07) is 10.6. The maximum absolute atomic E-state index is 6.21. The molecule has 3 N–H and O–H groups in total. The van der Waals surface area contributed by atoms with Crippen LogP contribution in [0.1, 0.15) is 17.2 Å². The van der Waals surface area contributed by atoms with Gasteiger partial charge in [-0.3, -0.25) is 11.3 Å². The second-order valence-electron chi connectivity index (χ2n) is 4.55. The van der Waals surface area contributed by atoms with Gasteiger partial charge in [0.1, 0.15) is 5.75 Å². The molecule has 6 heteroatoms. The Bertz CT molecular complexity index is 634. The highest BCUT2D eigenvalue weighted by atomic mass is 35.5. The molecule has 2 rings (SSSR count). The third-order valence-electron chi connectivity index (χ3n) is 3.21. The van der Waals surface area contributed by atoms with Gasteiger partial charge in [0.05, 0.1) is 13.2 Å². The molecule has 0 aliphatic carbocycles. The van der Waals surface area contributed by atoms with Crippen LogP contribution in [0.2, 0.25) is 15.1 Å². The first-order valence-electron chi connectivity index (χ1n) is 6.28. The van der Waals surface area contributed by atoms with Crippen molar-refractivity contribution in [1.29, 1.82) is 0 Å². The highest BCUT2D eigenvalue weighted by molar-refractivity contribution is 6.35. The lowest BCUT2D eigenvalue weighted by molar-refractivity contribution is 0.399. The summed E-state index contributed by atoms with van der Waals surface area (Å²) >= 11 is 18.2. The number of benzene rings is 2. The first-order chi connectivity index (χ1) is 10.0. The maximum Gasteiger partial charge on any atom is 0.123 e. The van der Waals surface area contributed by atoms with E-state index >= 15 is 0 Å². The zero-order valence-corrected chi connectivity index (χ0v) is 13.6. The van der Waals surface area contributed by atoms with Crippen molar-refractivity contribution in [2.45, 2.75) is 12.5 Å². The van der Waals surface area contributed by atoms with E-state index in [9.17, 15) is 0 Å². The molecule has 112 valence electrons. The van der Waals surface area contributed by atoms with E-state index < -0.39 is 0 Å². The van der Waals surface area contributed by atoms with E-state index in [1.165, 1.54) is 0 Å². The van der Waals surface area contributed by atoms with Crippen LogP contribution in [0.5, 0.6) is 5.75 Å². The molecule has 0 bridgehead atoms. The van der Waals surface area contributed by atoms with E-state index in [1.54, 1.807) is 25.3 Å². The quantitative estimate of drug-likeness (QED) is 0.623. The first-order valence-corrected chi connectivity index (χ1v) is 7.42. The molecule has 0 aliphatic rings. The van der Waals surface area contributed by atoms with Gasteiger partial charge in [-0.25, -0.2) is 0 Å². The van der Waals surface area contributed by atoms with Crippen LogP contribution in [0, 0.1) is 0 Å². The summed E-state index contributed by atoms with van der Waals surface area (Å²) in [7, 11) is 1.61. The predicted molar refractivity (Wildman–Crippen MR) is 88.2 cm³/mol. The molecule has 0 spiro atoms. The average Bonchev–Trinajstić information content (AvgIpc) is 2.46. The normalized spacial score (nSPS) is 12.2. The van der Waals surface area contributed by atoms with Gasteiger partial charge in [0.2, 0.25) is 0 Å². The van der Waals surface area contributed by atoms with Crippen LogP contribution in [-0.2, 0) is 6.42 Å². The molecular formula is C15H15Cl3N2O. The minimum absolute atomic E-state index is 0.183. The molecular weight excluding hydrogens is 331 g/mol. The lowest BCUT2D eigenvalue weighted by Crippen LogP contribution is -2.30. The van der Waals surface area contributed by atoms with Crippen molar-refractivity contribution in [3.05, 3.63) is 62.6 Å². The Kier molecular flexibility index (Phi) is 5.73. The number of hydrogen-bond acceptors (Lipinski definition) is 3. The van der Waals surface area contributed by atoms with Crippen LogP contribution in [0.25, 0.3) is 0 Å². The molecule has 0 amide bonds. The van der Waals surface area contributed by atoms with Crippen molar-refractivity contribution in [3.63, 3.8) is 0 Å². The molecule has 0 aromatic heterocycles. The lowest BCUT2D eigenvalue weighted by Gasteiger charge is -2.20. The largest absolute Gasteiger partial charge is 0.496 e. The molecule has 0 saturated carbocycles. The van der Waals surface area contributed by atoms with Gasteiger partial charge in [-0.05, 0) is 42.3 Å². The monoisotopic (exact) mass is 344 g/mol. The Balaban J connectivity index is 2.34. The molecule has 0 heterocycles. The second-order valence-corrected chi connectivity index (χ2v) is 5.83. The Morgan fingerprint density at radius 1 is 1.10 bits per heavy atom. The number of rotatable bonds is 5. The molecule has 0 fully saturated rings. The fourth-order valence-electron chi connectivity index (χ4n) is 2.14. The van der Waals surface area contributed by atoms with E-state index in [4.69, 9.17) is 45.4 Å². The van der Waals surface area contributed by atoms with Crippen LogP contribution >= 0.6 is 34.8 Å². The number of ether oxygens (including phenoxy) is 1. The molecule has 1 atom stereocenters. The summed E-state index contributed by atoms with van der Waals surface area (Å²) in [5.74, 6) is 6.40. The van der Waals surface area contributed by atoms with Crippen LogP contribution < -0.4 is 16.0 Å². The molecule has 0 saturated heterocycles. The maximum atomic E-state index is 6.21. The topological polar surface area (TPSA) is 47.3 Å². The van der Waals surface area contributed by atoms with Crippen molar-refractivity contribution in [1.82, 2.24) is 5.43 Å². The van der Waals surface area contributed by atoms with Gasteiger partial charge >= 0.3 is 0 Å². The summed E-state index contributed by atoms with van der Waals surface area (Å²) < 4.78 is 5.36. The summed E-state index contributed by atoms with van der Waals surface area (Å²) in [6.07, 6.45) is 0.587. The first kappa shape index (κ1) is 16.4. The standard InChI is InChI=1S/C15H15Cl3N2O/c1-21-15-5-4-10(16)7-12(15)14(20-19)6-9-2-3-11(17)8-13(9)18/h2-5,7-8,14,20H,6,19H2,1H3. The lowest BCUT2D eigenvalue weighted by atomic mass is 9.98. The molecule has 21 heavy (non-hydrogen) atoms. The Hall–Kier alpha value is -0.970. The zero-order chi connectivity index (χ0) is 15.4. The van der Waals surface area contributed by atoms with Gasteiger partial charge in [-0.2, -0.15) is 0 Å². The van der Waals surface area contributed by atoms with Crippen LogP contribution in [0.4, 0.5) is 0 Å². The number of methoxy groups -OCH3 is 1.